The summed E-state index contributed by atoms with van der Waals surface area (Å²) in [7, 11) is 0. The Labute approximate surface area is 121 Å². The molecule has 0 aromatic heterocycles. The van der Waals surface area contributed by atoms with Crippen LogP contribution in [0.4, 0.5) is 0 Å². The van der Waals surface area contributed by atoms with Gasteiger partial charge in [-0.25, -0.2) is 0 Å². The summed E-state index contributed by atoms with van der Waals surface area (Å²) in [6.45, 7) is 2.25. The lowest BCUT2D eigenvalue weighted by Gasteiger charge is -2.42. The third kappa shape index (κ3) is 1.58. The quantitative estimate of drug-likeness (QED) is 0.740. The number of Topliss-reactive ketones (excluding diaryl/α,β-unsaturated/α-hetero) is 1. The van der Waals surface area contributed by atoms with E-state index in [1.165, 1.54) is 30.4 Å². The van der Waals surface area contributed by atoms with Gasteiger partial charge in [0.05, 0.1) is 0 Å². The van der Waals surface area contributed by atoms with Crippen molar-refractivity contribution >= 4 is 5.78 Å². The van der Waals surface area contributed by atoms with Gasteiger partial charge in [0.2, 0.25) is 0 Å². The fourth-order valence-corrected chi connectivity index (χ4v) is 5.08. The molecule has 1 heteroatoms. The second-order valence-electron chi connectivity index (χ2n) is 6.94. The van der Waals surface area contributed by atoms with E-state index in [2.05, 4.69) is 37.3 Å². The summed E-state index contributed by atoms with van der Waals surface area (Å²) >= 11 is 0. The van der Waals surface area contributed by atoms with Gasteiger partial charge in [-0.05, 0) is 47.8 Å². The number of hydrogen-bond donors (Lipinski definition) is 0. The van der Waals surface area contributed by atoms with Gasteiger partial charge in [0, 0.05) is 18.3 Å². The minimum atomic E-state index is 0.149. The Morgan fingerprint density at radius 3 is 2.90 bits per heavy atom. The van der Waals surface area contributed by atoms with E-state index >= 15 is 0 Å². The molecule has 1 fully saturated rings. The molecular formula is C19H22O. The molecule has 1 spiro atoms. The first-order valence-corrected chi connectivity index (χ1v) is 8.04. The monoisotopic (exact) mass is 266 g/mol. The lowest BCUT2D eigenvalue weighted by molar-refractivity contribution is -0.120. The van der Waals surface area contributed by atoms with Gasteiger partial charge >= 0.3 is 0 Å². The van der Waals surface area contributed by atoms with Crippen LogP contribution in [0.5, 0.6) is 0 Å². The highest BCUT2D eigenvalue weighted by molar-refractivity contribution is 5.86. The lowest BCUT2D eigenvalue weighted by Crippen LogP contribution is -2.39. The number of ketones is 1. The summed E-state index contributed by atoms with van der Waals surface area (Å²) in [5.41, 5.74) is 4.56. The molecular weight excluding hydrogens is 244 g/mol. The van der Waals surface area contributed by atoms with Gasteiger partial charge in [0.15, 0.2) is 0 Å². The van der Waals surface area contributed by atoms with E-state index in [0.717, 1.165) is 12.8 Å². The van der Waals surface area contributed by atoms with Crippen LogP contribution in [-0.4, -0.2) is 5.78 Å². The van der Waals surface area contributed by atoms with Gasteiger partial charge in [-0.3, -0.25) is 4.79 Å². The van der Waals surface area contributed by atoms with E-state index in [1.807, 2.05) is 0 Å². The van der Waals surface area contributed by atoms with Gasteiger partial charge in [0.1, 0.15) is 5.78 Å². The number of aryl methyl sites for hydroxylation is 1. The van der Waals surface area contributed by atoms with Crippen LogP contribution in [0.25, 0.3) is 0 Å². The summed E-state index contributed by atoms with van der Waals surface area (Å²) in [5, 5.41) is 0. The van der Waals surface area contributed by atoms with E-state index in [1.54, 1.807) is 5.56 Å². The molecule has 1 nitrogen and oxygen atoms in total. The summed E-state index contributed by atoms with van der Waals surface area (Å²) < 4.78 is 0. The Kier molecular flexibility index (Phi) is 2.67. The van der Waals surface area contributed by atoms with E-state index in [9.17, 15) is 4.79 Å². The normalized spacial score (nSPS) is 34.0. The standard InChI is InChI=1S/C19H22O/c1-2-4-14-5-3-6-15-10-17(20)12-19(18(14)15)11-13-7-8-16(19)9-13/h3,5-8,13,16H,2,4,9-12H2,1H3. The Bertz CT molecular complexity index is 598. The topological polar surface area (TPSA) is 17.1 Å². The second-order valence-corrected chi connectivity index (χ2v) is 6.94. The van der Waals surface area contributed by atoms with Crippen LogP contribution in [0.2, 0.25) is 0 Å². The van der Waals surface area contributed by atoms with Crippen LogP contribution in [0.3, 0.4) is 0 Å². The average Bonchev–Trinajstić information content (AvgIpc) is 2.99. The largest absolute Gasteiger partial charge is 0.299 e. The minimum Gasteiger partial charge on any atom is -0.299 e. The predicted molar refractivity (Wildman–Crippen MR) is 80.8 cm³/mol. The Morgan fingerprint density at radius 1 is 1.30 bits per heavy atom. The highest BCUT2D eigenvalue weighted by Gasteiger charge is 2.53. The van der Waals surface area contributed by atoms with Crippen LogP contribution in [-0.2, 0) is 23.1 Å². The molecule has 1 saturated carbocycles. The Hall–Kier alpha value is -1.37. The molecule has 2 bridgehead atoms. The zero-order chi connectivity index (χ0) is 13.7. The van der Waals surface area contributed by atoms with Gasteiger partial charge in [-0.1, -0.05) is 43.7 Å². The summed E-state index contributed by atoms with van der Waals surface area (Å²) in [5.74, 6) is 1.77. The smallest absolute Gasteiger partial charge is 0.138 e. The predicted octanol–water partition coefficient (Wildman–Crippen LogP) is 3.99. The Balaban J connectivity index is 1.91. The van der Waals surface area contributed by atoms with Crippen molar-refractivity contribution in [1.82, 2.24) is 0 Å². The van der Waals surface area contributed by atoms with Crippen molar-refractivity contribution in [3.05, 3.63) is 47.0 Å². The van der Waals surface area contributed by atoms with Crippen molar-refractivity contribution in [3.8, 4) is 0 Å². The van der Waals surface area contributed by atoms with Gasteiger partial charge in [0.25, 0.3) is 0 Å². The molecule has 3 aliphatic rings. The molecule has 1 aromatic carbocycles. The number of allylic oxidation sites excluding steroid dienone is 2. The van der Waals surface area contributed by atoms with E-state index in [0.29, 0.717) is 24.0 Å². The zero-order valence-electron chi connectivity index (χ0n) is 12.2. The number of carbonyl (C=O) groups excluding carboxylic acids is 1. The number of benzene rings is 1. The number of rotatable bonds is 2. The molecule has 0 heterocycles. The molecule has 0 N–H and O–H groups in total. The maximum atomic E-state index is 12.3. The fourth-order valence-electron chi connectivity index (χ4n) is 5.08. The minimum absolute atomic E-state index is 0.149. The molecule has 20 heavy (non-hydrogen) atoms. The van der Waals surface area contributed by atoms with E-state index < -0.39 is 0 Å². The molecule has 0 amide bonds. The first kappa shape index (κ1) is 12.4. The summed E-state index contributed by atoms with van der Waals surface area (Å²) in [4.78, 5) is 12.3. The molecule has 3 unspecified atom stereocenters. The van der Waals surface area contributed by atoms with Crippen LogP contribution in [0.1, 0.15) is 49.3 Å². The maximum absolute atomic E-state index is 12.3. The third-order valence-electron chi connectivity index (χ3n) is 5.66. The molecule has 3 aliphatic carbocycles. The molecule has 4 rings (SSSR count). The SMILES string of the molecule is CCCc1cccc2c1C1(CC(=O)C2)CC2C=CC1C2. The average molecular weight is 266 g/mol. The highest BCUT2D eigenvalue weighted by atomic mass is 16.1. The summed E-state index contributed by atoms with van der Waals surface area (Å²) in [6.07, 6.45) is 11.0. The maximum Gasteiger partial charge on any atom is 0.138 e. The third-order valence-corrected chi connectivity index (χ3v) is 5.66. The van der Waals surface area contributed by atoms with E-state index in [4.69, 9.17) is 0 Å². The summed E-state index contributed by atoms with van der Waals surface area (Å²) in [6, 6.07) is 6.65. The van der Waals surface area contributed by atoms with Gasteiger partial charge in [-0.15, -0.1) is 0 Å². The lowest BCUT2D eigenvalue weighted by atomic mass is 9.61. The van der Waals surface area contributed by atoms with Gasteiger partial charge in [-0.2, -0.15) is 0 Å². The second kappa shape index (κ2) is 4.31. The van der Waals surface area contributed by atoms with Crippen LogP contribution < -0.4 is 0 Å². The number of carbonyl (C=O) groups is 1. The molecule has 1 aromatic rings. The molecule has 3 atom stereocenters. The van der Waals surface area contributed by atoms with Crippen LogP contribution >= 0.6 is 0 Å². The Morgan fingerprint density at radius 2 is 2.20 bits per heavy atom. The fraction of sp³-hybridized carbons (Fsp3) is 0.526. The van der Waals surface area contributed by atoms with Crippen molar-refractivity contribution in [2.45, 2.75) is 50.9 Å². The number of hydrogen-bond acceptors (Lipinski definition) is 1. The molecule has 0 saturated heterocycles. The zero-order valence-corrected chi connectivity index (χ0v) is 12.2. The first-order valence-electron chi connectivity index (χ1n) is 8.04. The van der Waals surface area contributed by atoms with Crippen molar-refractivity contribution < 1.29 is 4.79 Å². The van der Waals surface area contributed by atoms with Crippen LogP contribution in [0.15, 0.2) is 30.4 Å². The van der Waals surface area contributed by atoms with Crippen molar-refractivity contribution in [2.24, 2.45) is 11.8 Å². The highest BCUT2D eigenvalue weighted by Crippen LogP contribution is 2.58. The van der Waals surface area contributed by atoms with E-state index in [-0.39, 0.29) is 5.41 Å². The molecule has 0 radical (unpaired) electrons. The van der Waals surface area contributed by atoms with Crippen molar-refractivity contribution in [2.75, 3.05) is 0 Å². The molecule has 104 valence electrons. The molecule has 0 aliphatic heterocycles. The first-order chi connectivity index (χ1) is 9.73. The van der Waals surface area contributed by atoms with Crippen LogP contribution in [0, 0.1) is 11.8 Å². The van der Waals surface area contributed by atoms with Crippen molar-refractivity contribution in [3.63, 3.8) is 0 Å². The van der Waals surface area contributed by atoms with Gasteiger partial charge < -0.3 is 0 Å². The van der Waals surface area contributed by atoms with Crippen molar-refractivity contribution in [1.29, 1.82) is 0 Å². The number of fused-ring (bicyclic) bond motifs is 5.